The zero-order chi connectivity index (χ0) is 14.5. The molecule has 1 atom stereocenters. The molecule has 19 heavy (non-hydrogen) atoms. The van der Waals surface area contributed by atoms with Gasteiger partial charge in [-0.2, -0.15) is 13.2 Å². The Labute approximate surface area is 111 Å². The second-order valence-corrected chi connectivity index (χ2v) is 4.45. The van der Waals surface area contributed by atoms with Gasteiger partial charge in [-0.25, -0.2) is 0 Å². The van der Waals surface area contributed by atoms with E-state index in [0.717, 1.165) is 31.4 Å². The lowest BCUT2D eigenvalue weighted by Crippen LogP contribution is -2.34. The molecule has 1 N–H and O–H groups in total. The third-order valence-corrected chi connectivity index (χ3v) is 2.92. The van der Waals surface area contributed by atoms with Crippen LogP contribution in [0.3, 0.4) is 0 Å². The van der Waals surface area contributed by atoms with Crippen LogP contribution in [-0.2, 0) is 6.18 Å². The fourth-order valence-electron chi connectivity index (χ4n) is 1.83. The lowest BCUT2D eigenvalue weighted by Gasteiger charge is -2.16. The monoisotopic (exact) mass is 273 g/mol. The molecule has 2 nitrogen and oxygen atoms in total. The number of benzene rings is 1. The Morgan fingerprint density at radius 3 is 2.53 bits per heavy atom. The summed E-state index contributed by atoms with van der Waals surface area (Å²) in [4.78, 5) is 11.9. The van der Waals surface area contributed by atoms with E-state index in [1.54, 1.807) is 0 Å². The quantitative estimate of drug-likeness (QED) is 0.862. The van der Waals surface area contributed by atoms with Crippen molar-refractivity contribution < 1.29 is 18.0 Å². The molecule has 0 spiro atoms. The minimum Gasteiger partial charge on any atom is -0.349 e. The summed E-state index contributed by atoms with van der Waals surface area (Å²) in [5.41, 5.74) is -0.756. The summed E-state index contributed by atoms with van der Waals surface area (Å²) in [6.45, 7) is 3.94. The second-order valence-electron chi connectivity index (χ2n) is 4.45. The molecule has 106 valence electrons. The first-order chi connectivity index (χ1) is 8.88. The van der Waals surface area contributed by atoms with Crippen molar-refractivity contribution in [1.29, 1.82) is 0 Å². The summed E-state index contributed by atoms with van der Waals surface area (Å²) in [5, 5.41) is 2.76. The van der Waals surface area contributed by atoms with Crippen molar-refractivity contribution in [2.45, 2.75) is 45.3 Å². The number of halogens is 3. The predicted octanol–water partition coefficient (Wildman–Crippen LogP) is 4.01. The fourth-order valence-corrected chi connectivity index (χ4v) is 1.83. The van der Waals surface area contributed by atoms with Crippen LogP contribution in [0.25, 0.3) is 0 Å². The van der Waals surface area contributed by atoms with Gasteiger partial charge in [-0.1, -0.05) is 26.3 Å². The number of carbonyl (C=O) groups is 1. The molecular weight excluding hydrogens is 255 g/mol. The molecule has 1 aromatic carbocycles. The van der Waals surface area contributed by atoms with E-state index in [9.17, 15) is 18.0 Å². The van der Waals surface area contributed by atoms with Gasteiger partial charge in [-0.05, 0) is 31.0 Å². The largest absolute Gasteiger partial charge is 0.416 e. The standard InChI is InChI=1S/C14H18F3NO/c1-3-6-12(4-2)18-13(19)10-7-5-8-11(9-10)14(15,16)17/h5,7-9,12H,3-4,6H2,1-2H3,(H,18,19). The summed E-state index contributed by atoms with van der Waals surface area (Å²) >= 11 is 0. The van der Waals surface area contributed by atoms with E-state index in [1.807, 2.05) is 13.8 Å². The highest BCUT2D eigenvalue weighted by Crippen LogP contribution is 2.29. The Kier molecular flexibility index (Phi) is 5.39. The number of rotatable bonds is 5. The van der Waals surface area contributed by atoms with Crippen LogP contribution in [-0.4, -0.2) is 11.9 Å². The Bertz CT molecular complexity index is 429. The topological polar surface area (TPSA) is 29.1 Å². The van der Waals surface area contributed by atoms with Crippen LogP contribution in [0, 0.1) is 0 Å². The zero-order valence-electron chi connectivity index (χ0n) is 11.1. The fraction of sp³-hybridized carbons (Fsp3) is 0.500. The van der Waals surface area contributed by atoms with Gasteiger partial charge in [0.1, 0.15) is 0 Å². The number of carbonyl (C=O) groups excluding carboxylic acids is 1. The summed E-state index contributed by atoms with van der Waals surface area (Å²) < 4.78 is 37.6. The van der Waals surface area contributed by atoms with E-state index >= 15 is 0 Å². The third-order valence-electron chi connectivity index (χ3n) is 2.92. The maximum absolute atomic E-state index is 12.5. The maximum atomic E-state index is 12.5. The van der Waals surface area contributed by atoms with Crippen molar-refractivity contribution in [1.82, 2.24) is 5.32 Å². The Morgan fingerprint density at radius 1 is 1.32 bits per heavy atom. The van der Waals surface area contributed by atoms with Crippen LogP contribution < -0.4 is 5.32 Å². The highest BCUT2D eigenvalue weighted by atomic mass is 19.4. The SMILES string of the molecule is CCCC(CC)NC(=O)c1cccc(C(F)(F)F)c1. The van der Waals surface area contributed by atoms with Gasteiger partial charge < -0.3 is 5.32 Å². The average Bonchev–Trinajstić information content (AvgIpc) is 2.37. The van der Waals surface area contributed by atoms with E-state index in [0.29, 0.717) is 0 Å². The predicted molar refractivity (Wildman–Crippen MR) is 67.9 cm³/mol. The van der Waals surface area contributed by atoms with Gasteiger partial charge in [0.2, 0.25) is 0 Å². The van der Waals surface area contributed by atoms with Gasteiger partial charge in [0.15, 0.2) is 0 Å². The minimum atomic E-state index is -4.43. The smallest absolute Gasteiger partial charge is 0.349 e. The molecule has 1 aromatic rings. The summed E-state index contributed by atoms with van der Waals surface area (Å²) in [6, 6.07) is 4.49. The highest BCUT2D eigenvalue weighted by molar-refractivity contribution is 5.94. The van der Waals surface area contributed by atoms with E-state index in [2.05, 4.69) is 5.32 Å². The number of alkyl halides is 3. The van der Waals surface area contributed by atoms with Gasteiger partial charge in [-0.15, -0.1) is 0 Å². The lowest BCUT2D eigenvalue weighted by molar-refractivity contribution is -0.137. The number of hydrogen-bond acceptors (Lipinski definition) is 1. The molecule has 0 saturated carbocycles. The van der Waals surface area contributed by atoms with E-state index < -0.39 is 17.6 Å². The van der Waals surface area contributed by atoms with Gasteiger partial charge in [0, 0.05) is 11.6 Å². The normalized spacial score (nSPS) is 13.1. The van der Waals surface area contributed by atoms with Crippen molar-refractivity contribution in [3.8, 4) is 0 Å². The van der Waals surface area contributed by atoms with Gasteiger partial charge >= 0.3 is 6.18 Å². The molecule has 0 aliphatic rings. The van der Waals surface area contributed by atoms with Crippen LogP contribution in [0.1, 0.15) is 49.0 Å². The van der Waals surface area contributed by atoms with Crippen LogP contribution >= 0.6 is 0 Å². The molecule has 1 amide bonds. The molecule has 0 fully saturated rings. The average molecular weight is 273 g/mol. The molecule has 0 aromatic heterocycles. The molecule has 1 rings (SSSR count). The zero-order valence-corrected chi connectivity index (χ0v) is 11.1. The molecule has 0 bridgehead atoms. The van der Waals surface area contributed by atoms with Gasteiger partial charge in [0.05, 0.1) is 5.56 Å². The first-order valence-corrected chi connectivity index (χ1v) is 6.36. The molecule has 0 aliphatic heterocycles. The number of hydrogen-bond donors (Lipinski definition) is 1. The van der Waals surface area contributed by atoms with Crippen molar-refractivity contribution >= 4 is 5.91 Å². The van der Waals surface area contributed by atoms with Crippen LogP contribution in [0.15, 0.2) is 24.3 Å². The minimum absolute atomic E-state index is 0.00652. The summed E-state index contributed by atoms with van der Waals surface area (Å²) in [7, 11) is 0. The Hall–Kier alpha value is -1.52. The van der Waals surface area contributed by atoms with Crippen molar-refractivity contribution in [3.63, 3.8) is 0 Å². The van der Waals surface area contributed by atoms with E-state index in [4.69, 9.17) is 0 Å². The van der Waals surface area contributed by atoms with Crippen molar-refractivity contribution in [2.24, 2.45) is 0 Å². The third kappa shape index (κ3) is 4.58. The number of nitrogens with one attached hydrogen (secondary N) is 1. The molecule has 1 unspecified atom stereocenters. The Balaban J connectivity index is 2.82. The van der Waals surface area contributed by atoms with E-state index in [-0.39, 0.29) is 11.6 Å². The maximum Gasteiger partial charge on any atom is 0.416 e. The molecule has 0 saturated heterocycles. The summed E-state index contributed by atoms with van der Waals surface area (Å²) in [5.74, 6) is -0.452. The van der Waals surface area contributed by atoms with Crippen molar-refractivity contribution in [2.75, 3.05) is 0 Å². The van der Waals surface area contributed by atoms with Crippen molar-refractivity contribution in [3.05, 3.63) is 35.4 Å². The Morgan fingerprint density at radius 2 is 2.00 bits per heavy atom. The summed E-state index contributed by atoms with van der Waals surface area (Å²) in [6.07, 6.45) is -1.93. The van der Waals surface area contributed by atoms with Crippen LogP contribution in [0.4, 0.5) is 13.2 Å². The molecular formula is C14H18F3NO. The van der Waals surface area contributed by atoms with Crippen LogP contribution in [0.2, 0.25) is 0 Å². The molecule has 0 radical (unpaired) electrons. The first-order valence-electron chi connectivity index (χ1n) is 6.36. The number of amides is 1. The lowest BCUT2D eigenvalue weighted by atomic mass is 10.1. The molecule has 5 heteroatoms. The van der Waals surface area contributed by atoms with Gasteiger partial charge in [0.25, 0.3) is 5.91 Å². The second kappa shape index (κ2) is 6.59. The van der Waals surface area contributed by atoms with Crippen LogP contribution in [0.5, 0.6) is 0 Å². The van der Waals surface area contributed by atoms with Gasteiger partial charge in [-0.3, -0.25) is 4.79 Å². The molecule has 0 aliphatic carbocycles. The molecule has 0 heterocycles. The first kappa shape index (κ1) is 15.5. The van der Waals surface area contributed by atoms with E-state index in [1.165, 1.54) is 12.1 Å². The highest BCUT2D eigenvalue weighted by Gasteiger charge is 2.30.